The molecule has 1 aromatic heterocycles. The van der Waals surface area contributed by atoms with Gasteiger partial charge in [0.25, 0.3) is 0 Å². The van der Waals surface area contributed by atoms with Crippen LogP contribution in [0.25, 0.3) is 0 Å². The molecule has 5 nitrogen and oxygen atoms in total. The van der Waals surface area contributed by atoms with Crippen LogP contribution in [0.5, 0.6) is 0 Å². The summed E-state index contributed by atoms with van der Waals surface area (Å²) < 4.78 is 0. The first-order valence-electron chi connectivity index (χ1n) is 7.16. The molecule has 0 saturated carbocycles. The average molecular weight is 313 g/mol. The Hall–Kier alpha value is -2.05. The van der Waals surface area contributed by atoms with Crippen molar-refractivity contribution in [1.29, 1.82) is 0 Å². The molecular weight excluding hydrogens is 298 g/mol. The van der Waals surface area contributed by atoms with Gasteiger partial charge in [0.2, 0.25) is 5.78 Å². The van der Waals surface area contributed by atoms with Crippen LogP contribution in [0, 0.1) is 13.8 Å². The molecule has 2 aliphatic rings. The van der Waals surface area contributed by atoms with Gasteiger partial charge in [-0.3, -0.25) is 4.79 Å². The molecule has 0 radical (unpaired) electrons. The Morgan fingerprint density at radius 2 is 2.18 bits per heavy atom. The smallest absolute Gasteiger partial charge is 0.204 e. The maximum Gasteiger partial charge on any atom is 0.204 e. The van der Waals surface area contributed by atoms with E-state index in [-0.39, 0.29) is 5.78 Å². The van der Waals surface area contributed by atoms with Crippen molar-refractivity contribution in [2.24, 2.45) is 4.99 Å². The number of aliphatic imine (C=N–C) groups is 1. The summed E-state index contributed by atoms with van der Waals surface area (Å²) >= 11 is 1.54. The molecule has 1 N–H and O–H groups in total. The predicted octanol–water partition coefficient (Wildman–Crippen LogP) is 2.63. The van der Waals surface area contributed by atoms with E-state index in [2.05, 4.69) is 9.98 Å². The lowest BCUT2D eigenvalue weighted by atomic mass is 9.87. The van der Waals surface area contributed by atoms with E-state index in [0.717, 1.165) is 15.6 Å². The molecule has 2 aromatic rings. The van der Waals surface area contributed by atoms with E-state index in [1.165, 1.54) is 11.3 Å². The highest BCUT2D eigenvalue weighted by Crippen LogP contribution is 2.40. The lowest BCUT2D eigenvalue weighted by molar-refractivity contribution is 0.0602. The third kappa shape index (κ3) is 1.77. The van der Waals surface area contributed by atoms with Gasteiger partial charge in [0.1, 0.15) is 5.00 Å². The number of aryl methyl sites for hydroxylation is 2. The first-order chi connectivity index (χ1) is 10.5. The van der Waals surface area contributed by atoms with Gasteiger partial charge in [0.15, 0.2) is 11.4 Å². The van der Waals surface area contributed by atoms with Gasteiger partial charge >= 0.3 is 0 Å². The maximum atomic E-state index is 12.8. The van der Waals surface area contributed by atoms with E-state index in [0.29, 0.717) is 30.1 Å². The van der Waals surface area contributed by atoms with Gasteiger partial charge in [-0.2, -0.15) is 0 Å². The monoisotopic (exact) mass is 313 g/mol. The summed E-state index contributed by atoms with van der Waals surface area (Å²) in [6.45, 7) is 4.43. The van der Waals surface area contributed by atoms with Crippen LogP contribution in [0.3, 0.4) is 0 Å². The van der Waals surface area contributed by atoms with Crippen molar-refractivity contribution in [3.05, 3.63) is 40.5 Å². The third-order valence-electron chi connectivity index (χ3n) is 4.20. The number of Topliss-reactive ketones (excluding diaryl/α,β-unsaturated/α-hetero) is 1. The van der Waals surface area contributed by atoms with Gasteiger partial charge in [0, 0.05) is 18.5 Å². The van der Waals surface area contributed by atoms with Gasteiger partial charge in [-0.25, -0.2) is 9.98 Å². The van der Waals surface area contributed by atoms with Crippen molar-refractivity contribution in [2.45, 2.75) is 25.9 Å². The third-order valence-corrected chi connectivity index (χ3v) is 5.13. The van der Waals surface area contributed by atoms with Crippen LogP contribution < -0.4 is 4.90 Å². The number of hydrogen-bond acceptors (Lipinski definition) is 6. The largest absolute Gasteiger partial charge is 0.374 e. The van der Waals surface area contributed by atoms with Crippen molar-refractivity contribution < 1.29 is 9.90 Å². The van der Waals surface area contributed by atoms with Crippen molar-refractivity contribution >= 4 is 33.6 Å². The van der Waals surface area contributed by atoms with Crippen LogP contribution >= 0.6 is 11.3 Å². The first-order valence-corrected chi connectivity index (χ1v) is 7.98. The number of hydrogen-bond donors (Lipinski definition) is 1. The molecule has 2 aliphatic heterocycles. The number of rotatable bonds is 1. The summed E-state index contributed by atoms with van der Waals surface area (Å²) in [5, 5.41) is 12.8. The Balaban J connectivity index is 1.87. The number of aliphatic hydroxyl groups is 1. The minimum Gasteiger partial charge on any atom is -0.374 e. The number of thiazole rings is 1. The number of fused-ring (bicyclic) bond motifs is 2. The number of aromatic nitrogens is 1. The van der Waals surface area contributed by atoms with Crippen LogP contribution in [0.15, 0.2) is 29.4 Å². The normalized spacial score (nSPS) is 23.3. The number of carbonyl (C=O) groups is 1. The minimum atomic E-state index is -1.52. The van der Waals surface area contributed by atoms with Crippen LogP contribution in [-0.4, -0.2) is 33.9 Å². The van der Waals surface area contributed by atoms with Crippen LogP contribution in [0.4, 0.5) is 10.7 Å². The standard InChI is InChI=1S/C16H15N3O2S/c1-9-3-4-12-11(7-9)14(20)16(21)5-6-19(15(16)18-12)13-8-17-10(2)22-13/h3-4,7-8,21H,5-6H2,1-2H3/t16-/m1/s1. The molecule has 6 heteroatoms. The van der Waals surface area contributed by atoms with E-state index >= 15 is 0 Å². The molecule has 1 saturated heterocycles. The second kappa shape index (κ2) is 4.47. The van der Waals surface area contributed by atoms with E-state index in [1.54, 1.807) is 12.3 Å². The predicted molar refractivity (Wildman–Crippen MR) is 86.4 cm³/mol. The minimum absolute atomic E-state index is 0.250. The summed E-state index contributed by atoms with van der Waals surface area (Å²) in [5.74, 6) is 0.178. The molecule has 0 aliphatic carbocycles. The van der Waals surface area contributed by atoms with Crippen LogP contribution in [0.2, 0.25) is 0 Å². The summed E-state index contributed by atoms with van der Waals surface area (Å²) in [5.41, 5.74) is 0.609. The van der Waals surface area contributed by atoms with Crippen LogP contribution in [-0.2, 0) is 0 Å². The lowest BCUT2D eigenvalue weighted by Gasteiger charge is -2.29. The molecule has 4 rings (SSSR count). The second-order valence-corrected chi connectivity index (χ2v) is 6.98. The topological polar surface area (TPSA) is 65.8 Å². The zero-order chi connectivity index (χ0) is 15.5. The highest BCUT2D eigenvalue weighted by Gasteiger charge is 2.52. The zero-order valence-electron chi connectivity index (χ0n) is 12.3. The van der Waals surface area contributed by atoms with Crippen molar-refractivity contribution in [3.8, 4) is 0 Å². The SMILES string of the molecule is Cc1ccc2c(c1)C(=O)[C@]1(O)CCN(c3cnc(C)s3)C1=N2. The van der Waals surface area contributed by atoms with E-state index in [1.807, 2.05) is 30.9 Å². The molecule has 0 unspecified atom stereocenters. The first kappa shape index (κ1) is 13.6. The Morgan fingerprint density at radius 3 is 2.91 bits per heavy atom. The van der Waals surface area contributed by atoms with Crippen molar-refractivity contribution in [1.82, 2.24) is 4.98 Å². The Labute approximate surface area is 132 Å². The quantitative estimate of drug-likeness (QED) is 0.879. The number of amidine groups is 1. The van der Waals surface area contributed by atoms with Gasteiger partial charge < -0.3 is 10.0 Å². The highest BCUT2D eigenvalue weighted by atomic mass is 32.1. The second-order valence-electron chi connectivity index (χ2n) is 5.76. The van der Waals surface area contributed by atoms with E-state index in [9.17, 15) is 9.90 Å². The summed E-state index contributed by atoms with van der Waals surface area (Å²) in [4.78, 5) is 23.5. The zero-order valence-corrected chi connectivity index (χ0v) is 13.1. The molecule has 0 bridgehead atoms. The fraction of sp³-hybridized carbons (Fsp3) is 0.312. The van der Waals surface area contributed by atoms with Gasteiger partial charge in [-0.05, 0) is 26.0 Å². The van der Waals surface area contributed by atoms with Crippen LogP contribution in [0.1, 0.15) is 27.3 Å². The summed E-state index contributed by atoms with van der Waals surface area (Å²) in [6.07, 6.45) is 2.12. The molecule has 3 heterocycles. The molecule has 0 amide bonds. The molecule has 1 fully saturated rings. The number of benzene rings is 1. The van der Waals surface area contributed by atoms with E-state index in [4.69, 9.17) is 0 Å². The number of carbonyl (C=O) groups excluding carboxylic acids is 1. The number of ketones is 1. The molecule has 22 heavy (non-hydrogen) atoms. The highest BCUT2D eigenvalue weighted by molar-refractivity contribution is 7.15. The van der Waals surface area contributed by atoms with Crippen molar-refractivity contribution in [2.75, 3.05) is 11.4 Å². The molecule has 1 aromatic carbocycles. The van der Waals surface area contributed by atoms with Crippen molar-refractivity contribution in [3.63, 3.8) is 0 Å². The average Bonchev–Trinajstić information content (AvgIpc) is 3.05. The van der Waals surface area contributed by atoms with E-state index < -0.39 is 5.60 Å². The molecule has 112 valence electrons. The number of nitrogens with zero attached hydrogens (tertiary/aromatic N) is 3. The Kier molecular flexibility index (Phi) is 2.76. The Bertz CT molecular complexity index is 827. The van der Waals surface area contributed by atoms with Gasteiger partial charge in [-0.15, -0.1) is 11.3 Å². The lowest BCUT2D eigenvalue weighted by Crippen LogP contribution is -2.48. The molecular formula is C16H15N3O2S. The fourth-order valence-electron chi connectivity index (χ4n) is 3.04. The summed E-state index contributed by atoms with van der Waals surface area (Å²) in [6, 6.07) is 5.57. The number of anilines is 1. The molecule has 1 atom stereocenters. The fourth-order valence-corrected chi connectivity index (χ4v) is 3.84. The van der Waals surface area contributed by atoms with Gasteiger partial charge in [-0.1, -0.05) is 11.6 Å². The maximum absolute atomic E-state index is 12.8. The summed E-state index contributed by atoms with van der Waals surface area (Å²) in [7, 11) is 0. The van der Waals surface area contributed by atoms with Gasteiger partial charge in [0.05, 0.1) is 16.9 Å². The molecule has 0 spiro atoms. The Morgan fingerprint density at radius 1 is 1.36 bits per heavy atom.